The van der Waals surface area contributed by atoms with Gasteiger partial charge in [0.1, 0.15) is 0 Å². The van der Waals surface area contributed by atoms with Crippen molar-refractivity contribution >= 4 is 15.7 Å². The highest BCUT2D eigenvalue weighted by Crippen LogP contribution is 2.22. The molecule has 0 saturated carbocycles. The van der Waals surface area contributed by atoms with Gasteiger partial charge in [-0.3, -0.25) is 4.79 Å². The fraction of sp³-hybridized carbons (Fsp3) is 0.316. The molecule has 26 heavy (non-hydrogen) atoms. The third-order valence-electron chi connectivity index (χ3n) is 3.89. The molecule has 0 heterocycles. The highest BCUT2D eigenvalue weighted by atomic mass is 32.2. The van der Waals surface area contributed by atoms with Crippen molar-refractivity contribution in [2.45, 2.75) is 37.0 Å². The molecule has 7 heteroatoms. The summed E-state index contributed by atoms with van der Waals surface area (Å²) in [7, 11) is -4.67. The summed E-state index contributed by atoms with van der Waals surface area (Å²) in [6.07, 6.45) is 0.730. The first-order valence-electron chi connectivity index (χ1n) is 8.19. The van der Waals surface area contributed by atoms with Gasteiger partial charge in [-0.1, -0.05) is 44.2 Å². The third kappa shape index (κ3) is 4.88. The molecule has 0 aliphatic heterocycles. The van der Waals surface area contributed by atoms with Crippen LogP contribution in [0.4, 0.5) is 8.78 Å². The Morgan fingerprint density at radius 2 is 1.58 bits per heavy atom. The third-order valence-corrected chi connectivity index (χ3v) is 5.29. The van der Waals surface area contributed by atoms with E-state index in [2.05, 4.69) is 5.32 Å². The van der Waals surface area contributed by atoms with Crippen LogP contribution in [0.25, 0.3) is 0 Å². The number of hydrogen-bond acceptors (Lipinski definition) is 3. The van der Waals surface area contributed by atoms with E-state index in [1.807, 2.05) is 44.2 Å². The number of hydrogen-bond donors (Lipinski definition) is 1. The summed E-state index contributed by atoms with van der Waals surface area (Å²) in [6, 6.07) is 13.8. The van der Waals surface area contributed by atoms with Crippen molar-refractivity contribution in [2.24, 2.45) is 5.92 Å². The van der Waals surface area contributed by atoms with Gasteiger partial charge in [0, 0.05) is 5.56 Å². The summed E-state index contributed by atoms with van der Waals surface area (Å²) in [5.74, 6) is -3.53. The van der Waals surface area contributed by atoms with Crippen molar-refractivity contribution in [2.75, 3.05) is 0 Å². The molecule has 0 unspecified atom stereocenters. The van der Waals surface area contributed by atoms with E-state index in [9.17, 15) is 22.0 Å². The average Bonchev–Trinajstić information content (AvgIpc) is 2.61. The summed E-state index contributed by atoms with van der Waals surface area (Å²) < 4.78 is 48.0. The SMILES string of the molecule is CC(C)C[C@H](NC(=O)c1ccc(S(=O)(=O)C(F)F)cc1)c1ccccc1. The Hall–Kier alpha value is -2.28. The maximum absolute atomic E-state index is 12.6. The minimum Gasteiger partial charge on any atom is -0.345 e. The number of carbonyl (C=O) groups is 1. The van der Waals surface area contributed by atoms with Crippen molar-refractivity contribution in [3.63, 3.8) is 0 Å². The summed E-state index contributed by atoms with van der Waals surface area (Å²) >= 11 is 0. The van der Waals surface area contributed by atoms with Crippen LogP contribution in [0.2, 0.25) is 0 Å². The number of rotatable bonds is 7. The predicted molar refractivity (Wildman–Crippen MR) is 95.7 cm³/mol. The molecule has 1 amide bonds. The number of halogens is 2. The van der Waals surface area contributed by atoms with Crippen LogP contribution in [0.3, 0.4) is 0 Å². The standard InChI is InChI=1S/C19H21F2NO3S/c1-13(2)12-17(14-6-4-3-5-7-14)22-18(23)15-8-10-16(11-9-15)26(24,25)19(20)21/h3-11,13,17,19H,12H2,1-2H3,(H,22,23)/t17-/m0/s1. The molecule has 140 valence electrons. The Kier molecular flexibility index (Phi) is 6.47. The van der Waals surface area contributed by atoms with E-state index in [0.29, 0.717) is 5.92 Å². The predicted octanol–water partition coefficient (Wildman–Crippen LogP) is 4.20. The molecule has 2 aromatic rings. The van der Waals surface area contributed by atoms with Crippen LogP contribution in [0.1, 0.15) is 42.2 Å². The topological polar surface area (TPSA) is 63.2 Å². The zero-order valence-electron chi connectivity index (χ0n) is 14.5. The van der Waals surface area contributed by atoms with Crippen LogP contribution in [0, 0.1) is 5.92 Å². The van der Waals surface area contributed by atoms with Gasteiger partial charge in [-0.05, 0) is 42.2 Å². The second-order valence-electron chi connectivity index (χ2n) is 6.40. The van der Waals surface area contributed by atoms with E-state index >= 15 is 0 Å². The van der Waals surface area contributed by atoms with E-state index in [4.69, 9.17) is 0 Å². The van der Waals surface area contributed by atoms with Crippen molar-refractivity contribution in [1.82, 2.24) is 5.32 Å². The largest absolute Gasteiger partial charge is 0.345 e. The molecule has 1 N–H and O–H groups in total. The van der Waals surface area contributed by atoms with Crippen molar-refractivity contribution < 1.29 is 22.0 Å². The molecule has 0 aromatic heterocycles. The maximum Gasteiger partial charge on any atom is 0.341 e. The van der Waals surface area contributed by atoms with Crippen molar-refractivity contribution in [3.05, 3.63) is 65.7 Å². The zero-order chi connectivity index (χ0) is 19.3. The molecule has 0 fully saturated rings. The van der Waals surface area contributed by atoms with E-state index < -0.39 is 20.5 Å². The molecule has 0 spiro atoms. The number of nitrogens with one attached hydrogen (secondary N) is 1. The van der Waals surface area contributed by atoms with Crippen LogP contribution < -0.4 is 5.32 Å². The first-order valence-corrected chi connectivity index (χ1v) is 9.74. The van der Waals surface area contributed by atoms with Crippen LogP contribution >= 0.6 is 0 Å². The number of sulfone groups is 1. The molecule has 2 aromatic carbocycles. The van der Waals surface area contributed by atoms with Gasteiger partial charge in [-0.2, -0.15) is 8.78 Å². The van der Waals surface area contributed by atoms with Crippen LogP contribution in [0.15, 0.2) is 59.5 Å². The minimum atomic E-state index is -4.67. The van der Waals surface area contributed by atoms with Gasteiger partial charge < -0.3 is 5.32 Å². The molecule has 1 atom stereocenters. The quantitative estimate of drug-likeness (QED) is 0.782. The lowest BCUT2D eigenvalue weighted by Crippen LogP contribution is -2.29. The number of benzene rings is 2. The van der Waals surface area contributed by atoms with Gasteiger partial charge in [0.15, 0.2) is 0 Å². The van der Waals surface area contributed by atoms with Gasteiger partial charge >= 0.3 is 5.76 Å². The Labute approximate surface area is 152 Å². The van der Waals surface area contributed by atoms with E-state index in [1.165, 1.54) is 12.1 Å². The number of alkyl halides is 2. The molecule has 0 bridgehead atoms. The first-order chi connectivity index (χ1) is 12.2. The van der Waals surface area contributed by atoms with E-state index in [-0.39, 0.29) is 17.5 Å². The van der Waals surface area contributed by atoms with Crippen LogP contribution in [-0.2, 0) is 9.84 Å². The van der Waals surface area contributed by atoms with E-state index in [0.717, 1.165) is 24.1 Å². The van der Waals surface area contributed by atoms with Gasteiger partial charge in [-0.15, -0.1) is 0 Å². The second-order valence-corrected chi connectivity index (χ2v) is 8.31. The van der Waals surface area contributed by atoms with Crippen LogP contribution in [-0.4, -0.2) is 20.1 Å². The molecule has 0 saturated heterocycles. The molecule has 0 radical (unpaired) electrons. The number of amides is 1. The number of carbonyl (C=O) groups excluding carboxylic acids is 1. The second kappa shape index (κ2) is 8.40. The summed E-state index contributed by atoms with van der Waals surface area (Å²) in [6.45, 7) is 4.10. The van der Waals surface area contributed by atoms with Crippen molar-refractivity contribution in [1.29, 1.82) is 0 Å². The Morgan fingerprint density at radius 1 is 1.00 bits per heavy atom. The first kappa shape index (κ1) is 20.0. The zero-order valence-corrected chi connectivity index (χ0v) is 15.3. The summed E-state index contributed by atoms with van der Waals surface area (Å²) in [5, 5.41) is 2.93. The lowest BCUT2D eigenvalue weighted by atomic mass is 9.96. The summed E-state index contributed by atoms with van der Waals surface area (Å²) in [5.41, 5.74) is 1.18. The van der Waals surface area contributed by atoms with Gasteiger partial charge in [0.2, 0.25) is 9.84 Å². The smallest absolute Gasteiger partial charge is 0.341 e. The Balaban J connectivity index is 2.19. The van der Waals surface area contributed by atoms with Gasteiger partial charge in [-0.25, -0.2) is 8.42 Å². The molecule has 4 nitrogen and oxygen atoms in total. The molecular weight excluding hydrogens is 360 g/mol. The fourth-order valence-electron chi connectivity index (χ4n) is 2.58. The molecule has 0 aliphatic rings. The van der Waals surface area contributed by atoms with Crippen molar-refractivity contribution in [3.8, 4) is 0 Å². The minimum absolute atomic E-state index is 0.201. The van der Waals surface area contributed by atoms with Crippen LogP contribution in [0.5, 0.6) is 0 Å². The average molecular weight is 381 g/mol. The molecular formula is C19H21F2NO3S. The highest BCUT2D eigenvalue weighted by molar-refractivity contribution is 7.91. The lowest BCUT2D eigenvalue weighted by molar-refractivity contribution is 0.0932. The monoisotopic (exact) mass is 381 g/mol. The molecule has 0 aliphatic carbocycles. The van der Waals surface area contributed by atoms with E-state index in [1.54, 1.807) is 0 Å². The molecule has 2 rings (SSSR count). The van der Waals surface area contributed by atoms with Gasteiger partial charge in [0.25, 0.3) is 5.91 Å². The summed E-state index contributed by atoms with van der Waals surface area (Å²) in [4.78, 5) is 12.0. The normalized spacial score (nSPS) is 13.0. The highest BCUT2D eigenvalue weighted by Gasteiger charge is 2.26. The Bertz CT molecular complexity index is 835. The Morgan fingerprint density at radius 3 is 2.08 bits per heavy atom. The lowest BCUT2D eigenvalue weighted by Gasteiger charge is -2.21. The maximum atomic E-state index is 12.6. The fourth-order valence-corrected chi connectivity index (χ4v) is 3.30. The van der Waals surface area contributed by atoms with Gasteiger partial charge in [0.05, 0.1) is 10.9 Å².